The summed E-state index contributed by atoms with van der Waals surface area (Å²) in [6, 6.07) is 3.89. The van der Waals surface area contributed by atoms with Crippen LogP contribution in [0, 0.1) is 5.92 Å². The molecular formula is C33H43F4N9O3. The van der Waals surface area contributed by atoms with Crippen LogP contribution in [0.5, 0.6) is 0 Å². The number of likely N-dealkylation sites (tertiary alicyclic amines) is 1. The van der Waals surface area contributed by atoms with Crippen LogP contribution in [-0.2, 0) is 16.6 Å². The van der Waals surface area contributed by atoms with Crippen LogP contribution in [0.25, 0.3) is 11.0 Å². The van der Waals surface area contributed by atoms with Crippen molar-refractivity contribution >= 4 is 34.2 Å². The van der Waals surface area contributed by atoms with Crippen molar-refractivity contribution in [1.82, 2.24) is 34.0 Å². The molecule has 1 aromatic carbocycles. The molecule has 1 saturated carbocycles. The molecule has 0 bridgehead atoms. The number of piperazine rings is 1. The van der Waals surface area contributed by atoms with E-state index in [-0.39, 0.29) is 54.3 Å². The predicted octanol–water partition coefficient (Wildman–Crippen LogP) is 3.30. The Morgan fingerprint density at radius 3 is 2.39 bits per heavy atom. The highest BCUT2D eigenvalue weighted by atomic mass is 19.3. The number of imidazole rings is 1. The number of aromatic nitrogens is 4. The largest absolute Gasteiger partial charge is 0.396 e. The summed E-state index contributed by atoms with van der Waals surface area (Å²) in [6.07, 6.45) is 2.64. The number of anilines is 2. The Balaban J connectivity index is 0.950. The smallest absolute Gasteiger partial charge is 0.329 e. The standard InChI is InChI=1S/C33H43F4N9O3/c1-41-29-23(3-2-4-24(29)46(32(41)49)25-9-10-27(47)39-31(25)48)43-13-15-44(16-14-43)26-11-12-42(19-33(26,36)37)17-20-5-7-21(8-6-20)45-18-22(38)28(40-45)30(34)35/h2-4,18,20-21,25-26,30H,5-17,19,38H2,1H3,(H,39,47,48)/t20-,21-,25?,26?. The molecule has 49 heavy (non-hydrogen) atoms. The number of aryl methyl sites for hydroxylation is 1. The van der Waals surface area contributed by atoms with Gasteiger partial charge in [0.15, 0.2) is 5.69 Å². The van der Waals surface area contributed by atoms with Gasteiger partial charge in [0.1, 0.15) is 6.04 Å². The molecule has 4 fully saturated rings. The SMILES string of the molecule is Cn1c(=O)n(C2CCC(=O)NC2=O)c2cccc(N3CCN(C4CCN(C[C@H]5CC[C@H](n6cc(N)c(C(F)F)n6)CC5)CC4(F)F)CC3)c21. The number of amides is 2. The predicted molar refractivity (Wildman–Crippen MR) is 175 cm³/mol. The van der Waals surface area contributed by atoms with Crippen molar-refractivity contribution in [2.24, 2.45) is 13.0 Å². The molecule has 2 unspecified atom stereocenters. The lowest BCUT2D eigenvalue weighted by molar-refractivity contribution is -0.135. The van der Waals surface area contributed by atoms with E-state index < -0.39 is 30.3 Å². The third-order valence-corrected chi connectivity index (χ3v) is 11.0. The molecule has 5 heterocycles. The van der Waals surface area contributed by atoms with Crippen molar-refractivity contribution in [1.29, 1.82) is 0 Å². The second-order valence-corrected chi connectivity index (χ2v) is 14.1. The van der Waals surface area contributed by atoms with Gasteiger partial charge in [-0.15, -0.1) is 0 Å². The first-order chi connectivity index (χ1) is 23.4. The normalized spacial score (nSPS) is 27.3. The van der Waals surface area contributed by atoms with Crippen LogP contribution < -0.4 is 21.6 Å². The number of nitrogens with zero attached hydrogens (tertiary/aromatic N) is 7. The van der Waals surface area contributed by atoms with Crippen LogP contribution in [0.2, 0.25) is 0 Å². The number of fused-ring (bicyclic) bond motifs is 1. The van der Waals surface area contributed by atoms with Crippen LogP contribution in [0.3, 0.4) is 0 Å². The maximum Gasteiger partial charge on any atom is 0.329 e. The molecule has 7 rings (SSSR count). The summed E-state index contributed by atoms with van der Waals surface area (Å²) in [6.45, 7) is 2.81. The highest BCUT2D eigenvalue weighted by Crippen LogP contribution is 2.38. The highest BCUT2D eigenvalue weighted by Gasteiger charge is 2.48. The van der Waals surface area contributed by atoms with E-state index in [4.69, 9.17) is 5.73 Å². The van der Waals surface area contributed by atoms with Crippen molar-refractivity contribution in [3.05, 3.63) is 40.6 Å². The minimum absolute atomic E-state index is 0.00493. The molecule has 3 aromatic rings. The summed E-state index contributed by atoms with van der Waals surface area (Å²) in [7, 11) is 1.66. The number of imide groups is 1. The van der Waals surface area contributed by atoms with E-state index in [1.807, 2.05) is 21.9 Å². The molecule has 0 radical (unpaired) electrons. The summed E-state index contributed by atoms with van der Waals surface area (Å²) < 4.78 is 62.2. The average Bonchev–Trinajstić information content (AvgIpc) is 3.58. The van der Waals surface area contributed by atoms with Gasteiger partial charge in [-0.2, -0.15) is 5.10 Å². The average molecular weight is 690 g/mol. The van der Waals surface area contributed by atoms with E-state index in [9.17, 15) is 23.2 Å². The summed E-state index contributed by atoms with van der Waals surface area (Å²) in [4.78, 5) is 43.6. The number of nitrogens with one attached hydrogen (secondary N) is 1. The van der Waals surface area contributed by atoms with Gasteiger partial charge in [-0.05, 0) is 56.6 Å². The molecule has 12 nitrogen and oxygen atoms in total. The zero-order chi connectivity index (χ0) is 34.6. The number of hydrogen-bond donors (Lipinski definition) is 2. The lowest BCUT2D eigenvalue weighted by Crippen LogP contribution is -2.62. The quantitative estimate of drug-likeness (QED) is 0.286. The van der Waals surface area contributed by atoms with Gasteiger partial charge in [-0.1, -0.05) is 6.07 Å². The fourth-order valence-electron chi connectivity index (χ4n) is 8.51. The number of nitrogens with two attached hydrogens (primary N) is 1. The van der Waals surface area contributed by atoms with Gasteiger partial charge in [-0.25, -0.2) is 22.4 Å². The molecule has 3 saturated heterocycles. The molecule has 4 aliphatic rings. The molecule has 3 N–H and O–H groups in total. The van der Waals surface area contributed by atoms with E-state index in [0.29, 0.717) is 56.7 Å². The third kappa shape index (κ3) is 6.33. The van der Waals surface area contributed by atoms with Gasteiger partial charge in [0, 0.05) is 58.9 Å². The van der Waals surface area contributed by atoms with Crippen molar-refractivity contribution < 1.29 is 27.2 Å². The number of nitrogen functional groups attached to an aromatic ring is 1. The van der Waals surface area contributed by atoms with E-state index in [0.717, 1.165) is 31.4 Å². The molecular weight excluding hydrogens is 646 g/mol. The zero-order valence-corrected chi connectivity index (χ0v) is 27.5. The Bertz CT molecular complexity index is 1770. The summed E-state index contributed by atoms with van der Waals surface area (Å²) in [5.41, 5.74) is 7.05. The Hall–Kier alpha value is -3.92. The first-order valence-electron chi connectivity index (χ1n) is 17.2. The minimum Gasteiger partial charge on any atom is -0.396 e. The number of para-hydroxylation sites is 1. The van der Waals surface area contributed by atoms with Crippen LogP contribution in [-0.4, -0.2) is 98.3 Å². The number of rotatable bonds is 7. The second-order valence-electron chi connectivity index (χ2n) is 14.1. The highest BCUT2D eigenvalue weighted by molar-refractivity contribution is 6.00. The summed E-state index contributed by atoms with van der Waals surface area (Å²) in [5.74, 6) is -3.46. The first kappa shape index (κ1) is 33.6. The zero-order valence-electron chi connectivity index (χ0n) is 27.5. The van der Waals surface area contributed by atoms with E-state index in [2.05, 4.69) is 15.3 Å². The van der Waals surface area contributed by atoms with Crippen molar-refractivity contribution in [2.45, 2.75) is 75.4 Å². The molecule has 2 atom stereocenters. The number of halogens is 4. The van der Waals surface area contributed by atoms with E-state index >= 15 is 8.78 Å². The van der Waals surface area contributed by atoms with Gasteiger partial charge >= 0.3 is 5.69 Å². The van der Waals surface area contributed by atoms with E-state index in [1.165, 1.54) is 15.3 Å². The Labute approximate surface area is 280 Å². The molecule has 0 spiro atoms. The third-order valence-electron chi connectivity index (χ3n) is 11.0. The van der Waals surface area contributed by atoms with Crippen LogP contribution >= 0.6 is 0 Å². The number of piperidine rings is 2. The van der Waals surface area contributed by atoms with Gasteiger partial charge < -0.3 is 10.6 Å². The Morgan fingerprint density at radius 2 is 1.73 bits per heavy atom. The molecule has 266 valence electrons. The molecule has 3 aliphatic heterocycles. The summed E-state index contributed by atoms with van der Waals surface area (Å²) >= 11 is 0. The van der Waals surface area contributed by atoms with Crippen molar-refractivity contribution in [3.63, 3.8) is 0 Å². The lowest BCUT2D eigenvalue weighted by atomic mass is 9.85. The van der Waals surface area contributed by atoms with E-state index in [1.54, 1.807) is 17.8 Å². The Morgan fingerprint density at radius 1 is 1.00 bits per heavy atom. The summed E-state index contributed by atoms with van der Waals surface area (Å²) in [5, 5.41) is 6.33. The maximum atomic E-state index is 15.7. The number of alkyl halides is 4. The minimum atomic E-state index is -2.88. The second kappa shape index (κ2) is 13.1. The molecule has 2 amide bonds. The number of hydrogen-bond acceptors (Lipinski definition) is 8. The van der Waals surface area contributed by atoms with Crippen LogP contribution in [0.1, 0.15) is 69.1 Å². The maximum absolute atomic E-state index is 15.7. The van der Waals surface area contributed by atoms with Gasteiger partial charge in [0.05, 0.1) is 41.0 Å². The van der Waals surface area contributed by atoms with Crippen LogP contribution in [0.4, 0.5) is 28.9 Å². The molecule has 16 heteroatoms. The topological polar surface area (TPSA) is 127 Å². The molecule has 1 aliphatic carbocycles. The monoisotopic (exact) mass is 689 g/mol. The number of carbonyl (C=O) groups is 2. The lowest BCUT2D eigenvalue weighted by Gasteiger charge is -2.47. The number of carbonyl (C=O) groups excluding carboxylic acids is 2. The van der Waals surface area contributed by atoms with Crippen LogP contribution in [0.15, 0.2) is 29.2 Å². The first-order valence-corrected chi connectivity index (χ1v) is 17.2. The van der Waals surface area contributed by atoms with Gasteiger partial charge in [-0.3, -0.25) is 38.5 Å². The van der Waals surface area contributed by atoms with Gasteiger partial charge in [0.2, 0.25) is 11.8 Å². The van der Waals surface area contributed by atoms with Crippen molar-refractivity contribution in [3.8, 4) is 0 Å². The molecule has 2 aromatic heterocycles. The number of benzene rings is 1. The van der Waals surface area contributed by atoms with Crippen molar-refractivity contribution in [2.75, 3.05) is 56.4 Å². The van der Waals surface area contributed by atoms with Gasteiger partial charge in [0.25, 0.3) is 12.3 Å². The fraction of sp³-hybridized carbons (Fsp3) is 0.636. The Kier molecular flexibility index (Phi) is 8.96. The fourth-order valence-corrected chi connectivity index (χ4v) is 8.51.